The fourth-order valence-corrected chi connectivity index (χ4v) is 4.34. The summed E-state index contributed by atoms with van der Waals surface area (Å²) < 4.78 is 18.3. The molecule has 0 saturated carbocycles. The van der Waals surface area contributed by atoms with Gasteiger partial charge in [-0.15, -0.1) is 11.3 Å². The van der Waals surface area contributed by atoms with E-state index in [1.54, 1.807) is 23.5 Å². The summed E-state index contributed by atoms with van der Waals surface area (Å²) in [5.41, 5.74) is 4.12. The standard InChI is InChI=1S/C24H26FN3O2S/c25-21-7-3-18(4-8-21)9-10-26-23(29)15-22-17-31-24(27-22)20-5-1-19(2-6-20)16-28-11-13-30-14-12-28/h1-8,17H,9-16H2,(H,26,29). The topological polar surface area (TPSA) is 54.5 Å². The Balaban J connectivity index is 1.25. The van der Waals surface area contributed by atoms with Crippen LogP contribution in [-0.4, -0.2) is 48.6 Å². The zero-order valence-electron chi connectivity index (χ0n) is 17.4. The number of carbonyl (C=O) groups excluding carboxylic acids is 1. The normalized spacial score (nSPS) is 14.5. The third kappa shape index (κ3) is 6.43. The van der Waals surface area contributed by atoms with Crippen LogP contribution in [0.15, 0.2) is 53.9 Å². The molecule has 1 fully saturated rings. The van der Waals surface area contributed by atoms with Gasteiger partial charge >= 0.3 is 0 Å². The van der Waals surface area contributed by atoms with Crippen molar-refractivity contribution in [1.82, 2.24) is 15.2 Å². The van der Waals surface area contributed by atoms with E-state index in [0.29, 0.717) is 13.0 Å². The highest BCUT2D eigenvalue weighted by Crippen LogP contribution is 2.24. The van der Waals surface area contributed by atoms with Gasteiger partial charge in [0, 0.05) is 37.1 Å². The van der Waals surface area contributed by atoms with Crippen LogP contribution in [0.4, 0.5) is 4.39 Å². The summed E-state index contributed by atoms with van der Waals surface area (Å²) >= 11 is 1.55. The van der Waals surface area contributed by atoms with Gasteiger partial charge in [0.25, 0.3) is 0 Å². The molecular formula is C24H26FN3O2S. The zero-order valence-corrected chi connectivity index (χ0v) is 18.2. The Morgan fingerprint density at radius 2 is 1.77 bits per heavy atom. The number of aromatic nitrogens is 1. The van der Waals surface area contributed by atoms with E-state index in [9.17, 15) is 9.18 Å². The number of thiazole rings is 1. The first-order valence-corrected chi connectivity index (χ1v) is 11.4. The molecule has 1 aliphatic rings. The van der Waals surface area contributed by atoms with E-state index in [0.717, 1.165) is 54.7 Å². The van der Waals surface area contributed by atoms with Crippen molar-refractivity contribution in [2.75, 3.05) is 32.8 Å². The van der Waals surface area contributed by atoms with Crippen molar-refractivity contribution in [3.8, 4) is 10.6 Å². The molecular weight excluding hydrogens is 413 g/mol. The lowest BCUT2D eigenvalue weighted by Gasteiger charge is -2.26. The summed E-state index contributed by atoms with van der Waals surface area (Å²) in [4.78, 5) is 19.2. The summed E-state index contributed by atoms with van der Waals surface area (Å²) in [5.74, 6) is -0.307. The van der Waals surface area contributed by atoms with Crippen LogP contribution in [0, 0.1) is 5.82 Å². The molecule has 1 amide bonds. The molecule has 0 spiro atoms. The maximum absolute atomic E-state index is 12.9. The number of amides is 1. The number of ether oxygens (including phenoxy) is 1. The molecule has 5 nitrogen and oxygen atoms in total. The van der Waals surface area contributed by atoms with E-state index in [1.165, 1.54) is 17.7 Å². The summed E-state index contributed by atoms with van der Waals surface area (Å²) in [7, 11) is 0. The predicted octanol–water partition coefficient (Wildman–Crippen LogP) is 3.68. The lowest BCUT2D eigenvalue weighted by atomic mass is 10.1. The molecule has 1 aromatic heterocycles. The van der Waals surface area contributed by atoms with Crippen molar-refractivity contribution in [2.24, 2.45) is 0 Å². The Hall–Kier alpha value is -2.61. The van der Waals surface area contributed by atoms with Gasteiger partial charge in [0.15, 0.2) is 0 Å². The molecule has 2 heterocycles. The summed E-state index contributed by atoms with van der Waals surface area (Å²) in [6, 6.07) is 14.8. The number of rotatable bonds is 8. The Kier molecular flexibility index (Phi) is 7.40. The van der Waals surface area contributed by atoms with Crippen molar-refractivity contribution >= 4 is 17.2 Å². The molecule has 4 rings (SSSR count). The van der Waals surface area contributed by atoms with Crippen molar-refractivity contribution in [3.63, 3.8) is 0 Å². The van der Waals surface area contributed by atoms with Crippen LogP contribution < -0.4 is 5.32 Å². The number of morpholine rings is 1. The van der Waals surface area contributed by atoms with Crippen molar-refractivity contribution in [3.05, 3.63) is 76.5 Å². The van der Waals surface area contributed by atoms with Crippen molar-refractivity contribution in [2.45, 2.75) is 19.4 Å². The van der Waals surface area contributed by atoms with Crippen LogP contribution in [0.2, 0.25) is 0 Å². The van der Waals surface area contributed by atoms with Gasteiger partial charge in [0.1, 0.15) is 10.8 Å². The van der Waals surface area contributed by atoms with Gasteiger partial charge in [-0.2, -0.15) is 0 Å². The number of benzene rings is 2. The number of nitrogens with zero attached hydrogens (tertiary/aromatic N) is 2. The van der Waals surface area contributed by atoms with Crippen molar-refractivity contribution < 1.29 is 13.9 Å². The number of halogens is 1. The third-order valence-corrected chi connectivity index (χ3v) is 6.19. The molecule has 0 unspecified atom stereocenters. The molecule has 1 saturated heterocycles. The predicted molar refractivity (Wildman–Crippen MR) is 120 cm³/mol. The SMILES string of the molecule is O=C(Cc1csc(-c2ccc(CN3CCOCC3)cc2)n1)NCCc1ccc(F)cc1. The minimum atomic E-state index is -0.251. The third-order valence-electron chi connectivity index (χ3n) is 5.25. The molecule has 0 atom stereocenters. The minimum Gasteiger partial charge on any atom is -0.379 e. The Labute approximate surface area is 185 Å². The van der Waals surface area contributed by atoms with Crippen LogP contribution in [0.1, 0.15) is 16.8 Å². The lowest BCUT2D eigenvalue weighted by Crippen LogP contribution is -2.35. The number of hydrogen-bond donors (Lipinski definition) is 1. The summed E-state index contributed by atoms with van der Waals surface area (Å²) in [6.45, 7) is 5.02. The second kappa shape index (κ2) is 10.6. The fourth-order valence-electron chi connectivity index (χ4n) is 3.52. The molecule has 2 aromatic carbocycles. The molecule has 162 valence electrons. The van der Waals surface area contributed by atoms with Gasteiger partial charge in [0.05, 0.1) is 25.3 Å². The highest BCUT2D eigenvalue weighted by atomic mass is 32.1. The van der Waals surface area contributed by atoms with Crippen LogP contribution in [0.5, 0.6) is 0 Å². The van der Waals surface area contributed by atoms with E-state index < -0.39 is 0 Å². The smallest absolute Gasteiger partial charge is 0.226 e. The van der Waals surface area contributed by atoms with Gasteiger partial charge in [0.2, 0.25) is 5.91 Å². The number of nitrogens with one attached hydrogen (secondary N) is 1. The molecule has 1 aliphatic heterocycles. The molecule has 0 aliphatic carbocycles. The quantitative estimate of drug-likeness (QED) is 0.582. The highest BCUT2D eigenvalue weighted by molar-refractivity contribution is 7.13. The molecule has 31 heavy (non-hydrogen) atoms. The molecule has 3 aromatic rings. The maximum atomic E-state index is 12.9. The highest BCUT2D eigenvalue weighted by Gasteiger charge is 2.12. The number of hydrogen-bond acceptors (Lipinski definition) is 5. The summed E-state index contributed by atoms with van der Waals surface area (Å²) in [6.07, 6.45) is 0.931. The second-order valence-corrected chi connectivity index (χ2v) is 8.49. The lowest BCUT2D eigenvalue weighted by molar-refractivity contribution is -0.120. The molecule has 0 bridgehead atoms. The van der Waals surface area contributed by atoms with E-state index in [1.807, 2.05) is 5.38 Å². The van der Waals surface area contributed by atoms with Gasteiger partial charge in [-0.25, -0.2) is 9.37 Å². The van der Waals surface area contributed by atoms with Gasteiger partial charge in [-0.05, 0) is 29.7 Å². The van der Waals surface area contributed by atoms with E-state index in [-0.39, 0.29) is 18.1 Å². The maximum Gasteiger partial charge on any atom is 0.226 e. The molecule has 0 radical (unpaired) electrons. The molecule has 1 N–H and O–H groups in total. The first-order valence-electron chi connectivity index (χ1n) is 10.5. The monoisotopic (exact) mass is 439 g/mol. The van der Waals surface area contributed by atoms with Gasteiger partial charge in [-0.3, -0.25) is 9.69 Å². The van der Waals surface area contributed by atoms with Crippen LogP contribution in [0.3, 0.4) is 0 Å². The van der Waals surface area contributed by atoms with Gasteiger partial charge in [-0.1, -0.05) is 36.4 Å². The number of carbonyl (C=O) groups is 1. The van der Waals surface area contributed by atoms with Crippen LogP contribution in [-0.2, 0) is 28.9 Å². The Morgan fingerprint density at radius 1 is 1.06 bits per heavy atom. The van der Waals surface area contributed by atoms with Crippen LogP contribution >= 0.6 is 11.3 Å². The van der Waals surface area contributed by atoms with Crippen molar-refractivity contribution in [1.29, 1.82) is 0 Å². The van der Waals surface area contributed by atoms with E-state index in [4.69, 9.17) is 4.74 Å². The fraction of sp³-hybridized carbons (Fsp3) is 0.333. The first-order chi connectivity index (χ1) is 15.2. The van der Waals surface area contributed by atoms with Gasteiger partial charge < -0.3 is 10.1 Å². The summed E-state index contributed by atoms with van der Waals surface area (Å²) in [5, 5.41) is 5.77. The first kappa shape index (κ1) is 21.6. The Bertz CT molecular complexity index is 983. The van der Waals surface area contributed by atoms with Crippen LogP contribution in [0.25, 0.3) is 10.6 Å². The van der Waals surface area contributed by atoms with E-state index >= 15 is 0 Å². The van der Waals surface area contributed by atoms with E-state index in [2.05, 4.69) is 39.5 Å². The average molecular weight is 440 g/mol. The largest absolute Gasteiger partial charge is 0.379 e. The second-order valence-electron chi connectivity index (χ2n) is 7.63. The molecule has 7 heteroatoms. The zero-order chi connectivity index (χ0) is 21.5. The average Bonchev–Trinajstić information content (AvgIpc) is 3.25. The minimum absolute atomic E-state index is 0.0557. The Morgan fingerprint density at radius 3 is 2.52 bits per heavy atom.